The Hall–Kier alpha value is -3.76. The van der Waals surface area contributed by atoms with Crippen LogP contribution < -0.4 is 15.0 Å². The van der Waals surface area contributed by atoms with E-state index in [1.807, 2.05) is 29.8 Å². The first-order valence-corrected chi connectivity index (χ1v) is 14.1. The van der Waals surface area contributed by atoms with Crippen molar-refractivity contribution in [1.82, 2.24) is 30.1 Å². The van der Waals surface area contributed by atoms with Gasteiger partial charge in [0.2, 0.25) is 6.79 Å². The molecule has 0 unspecified atom stereocenters. The van der Waals surface area contributed by atoms with Crippen LogP contribution >= 0.6 is 0 Å². The Bertz CT molecular complexity index is 1560. The highest BCUT2D eigenvalue weighted by molar-refractivity contribution is 5.82. The van der Waals surface area contributed by atoms with Crippen LogP contribution in [0.25, 0.3) is 10.9 Å². The van der Waals surface area contributed by atoms with Crippen LogP contribution in [-0.2, 0) is 24.4 Å². The molecule has 0 saturated carbocycles. The average molecular weight is 545 g/mol. The molecule has 2 aliphatic rings. The molecule has 4 heterocycles. The number of aromatic nitrogens is 5. The summed E-state index contributed by atoms with van der Waals surface area (Å²) in [6.45, 7) is 8.91. The minimum atomic E-state index is -0.110. The van der Waals surface area contributed by atoms with Crippen molar-refractivity contribution >= 4 is 10.9 Å². The van der Waals surface area contributed by atoms with Crippen LogP contribution in [-0.4, -0.2) is 49.6 Å². The Labute approximate surface area is 233 Å². The van der Waals surface area contributed by atoms with Crippen molar-refractivity contribution in [3.05, 3.63) is 74.8 Å². The first-order chi connectivity index (χ1) is 19.5. The zero-order valence-corrected chi connectivity index (χ0v) is 23.4. The summed E-state index contributed by atoms with van der Waals surface area (Å²) in [4.78, 5) is 18.8. The fraction of sp³-hybridized carbons (Fsp3) is 0.467. The second-order valence-corrected chi connectivity index (χ2v) is 10.9. The fourth-order valence-corrected chi connectivity index (χ4v) is 5.93. The first kappa shape index (κ1) is 26.5. The van der Waals surface area contributed by atoms with Crippen LogP contribution in [0.1, 0.15) is 66.7 Å². The van der Waals surface area contributed by atoms with Gasteiger partial charge in [0.1, 0.15) is 0 Å². The van der Waals surface area contributed by atoms with Gasteiger partial charge < -0.3 is 19.2 Å². The topological polar surface area (TPSA) is 107 Å². The number of fused-ring (bicyclic) bond motifs is 2. The maximum Gasteiger partial charge on any atom is 0.252 e. The smallest absolute Gasteiger partial charge is 0.252 e. The predicted molar refractivity (Wildman–Crippen MR) is 150 cm³/mol. The Kier molecular flexibility index (Phi) is 7.53. The van der Waals surface area contributed by atoms with E-state index < -0.39 is 0 Å². The Morgan fingerprint density at radius 3 is 2.83 bits per heavy atom. The molecule has 1 fully saturated rings. The summed E-state index contributed by atoms with van der Waals surface area (Å²) < 4.78 is 19.0. The number of rotatable bonds is 10. The maximum absolute atomic E-state index is 13.4. The maximum atomic E-state index is 13.4. The zero-order valence-electron chi connectivity index (χ0n) is 23.4. The van der Waals surface area contributed by atoms with Crippen LogP contribution in [0.5, 0.6) is 11.5 Å². The van der Waals surface area contributed by atoms with Gasteiger partial charge in [0.15, 0.2) is 17.3 Å². The Morgan fingerprint density at radius 2 is 2.00 bits per heavy atom. The molecule has 2 aromatic carbocycles. The monoisotopic (exact) mass is 544 g/mol. The van der Waals surface area contributed by atoms with E-state index in [0.29, 0.717) is 25.2 Å². The number of tetrazole rings is 1. The van der Waals surface area contributed by atoms with E-state index >= 15 is 0 Å². The molecule has 1 saturated heterocycles. The second kappa shape index (κ2) is 11.4. The number of pyridine rings is 1. The SMILES string of the molecule is CCC[C@@H](c1nnnn1C[C@H]1CCCO1)N(Cc1ccc2c(c1)OCO2)Cc1cc2cc(C)cc(C)c2[nH]c1=O. The molecule has 2 aliphatic heterocycles. The highest BCUT2D eigenvalue weighted by Gasteiger charge is 2.29. The molecule has 0 radical (unpaired) electrons. The van der Waals surface area contributed by atoms with E-state index in [9.17, 15) is 4.79 Å². The molecule has 0 spiro atoms. The van der Waals surface area contributed by atoms with Crippen LogP contribution in [0.15, 0.2) is 41.2 Å². The van der Waals surface area contributed by atoms with Gasteiger partial charge >= 0.3 is 0 Å². The van der Waals surface area contributed by atoms with E-state index in [2.05, 4.69) is 57.5 Å². The lowest BCUT2D eigenvalue weighted by Gasteiger charge is -2.31. The Morgan fingerprint density at radius 1 is 1.12 bits per heavy atom. The minimum Gasteiger partial charge on any atom is -0.454 e. The Balaban J connectivity index is 1.38. The molecule has 0 amide bonds. The molecule has 10 nitrogen and oxygen atoms in total. The van der Waals surface area contributed by atoms with Crippen LogP contribution in [0.2, 0.25) is 0 Å². The number of benzene rings is 2. The molecule has 1 N–H and O–H groups in total. The molecule has 0 aliphatic carbocycles. The highest BCUT2D eigenvalue weighted by Crippen LogP contribution is 2.35. The van der Waals surface area contributed by atoms with Crippen molar-refractivity contribution in [3.8, 4) is 11.5 Å². The van der Waals surface area contributed by atoms with Gasteiger partial charge in [0.25, 0.3) is 5.56 Å². The van der Waals surface area contributed by atoms with E-state index in [1.54, 1.807) is 0 Å². The third-order valence-corrected chi connectivity index (χ3v) is 7.83. The van der Waals surface area contributed by atoms with Crippen molar-refractivity contribution in [1.29, 1.82) is 0 Å². The van der Waals surface area contributed by atoms with Gasteiger partial charge in [0, 0.05) is 25.3 Å². The van der Waals surface area contributed by atoms with Gasteiger partial charge in [-0.1, -0.05) is 31.0 Å². The summed E-state index contributed by atoms with van der Waals surface area (Å²) in [6, 6.07) is 12.1. The summed E-state index contributed by atoms with van der Waals surface area (Å²) >= 11 is 0. The predicted octanol–water partition coefficient (Wildman–Crippen LogP) is 4.58. The molecule has 0 bridgehead atoms. The number of hydrogen-bond acceptors (Lipinski definition) is 8. The molecule has 10 heteroatoms. The number of aryl methyl sites for hydroxylation is 2. The molecule has 6 rings (SSSR count). The number of H-pyrrole nitrogens is 1. The molecule has 2 atom stereocenters. The molecule has 210 valence electrons. The zero-order chi connectivity index (χ0) is 27.6. The van der Waals surface area contributed by atoms with Crippen LogP contribution in [0.4, 0.5) is 0 Å². The van der Waals surface area contributed by atoms with E-state index in [0.717, 1.165) is 77.2 Å². The lowest BCUT2D eigenvalue weighted by atomic mass is 10.0. The summed E-state index contributed by atoms with van der Waals surface area (Å²) in [6.07, 6.45) is 3.94. The number of aromatic amines is 1. The lowest BCUT2D eigenvalue weighted by Crippen LogP contribution is -2.33. The van der Waals surface area contributed by atoms with E-state index in [4.69, 9.17) is 14.2 Å². The van der Waals surface area contributed by atoms with Gasteiger partial charge in [-0.15, -0.1) is 5.10 Å². The quantitative estimate of drug-likeness (QED) is 0.309. The fourth-order valence-electron chi connectivity index (χ4n) is 5.93. The van der Waals surface area contributed by atoms with Gasteiger partial charge in [-0.2, -0.15) is 0 Å². The third kappa shape index (κ3) is 5.46. The van der Waals surface area contributed by atoms with Gasteiger partial charge in [-0.3, -0.25) is 9.69 Å². The normalized spacial score (nSPS) is 17.2. The second-order valence-electron chi connectivity index (χ2n) is 10.9. The molecule has 40 heavy (non-hydrogen) atoms. The highest BCUT2D eigenvalue weighted by atomic mass is 16.7. The van der Waals surface area contributed by atoms with Crippen molar-refractivity contribution in [3.63, 3.8) is 0 Å². The average Bonchev–Trinajstić information content (AvgIpc) is 3.71. The van der Waals surface area contributed by atoms with Gasteiger partial charge in [-0.25, -0.2) is 4.68 Å². The van der Waals surface area contributed by atoms with Crippen molar-refractivity contribution in [2.45, 2.75) is 78.2 Å². The van der Waals surface area contributed by atoms with Gasteiger partial charge in [-0.05, 0) is 84.3 Å². The summed E-state index contributed by atoms with van der Waals surface area (Å²) in [5, 5.41) is 14.0. The van der Waals surface area contributed by atoms with E-state index in [1.165, 1.54) is 0 Å². The summed E-state index contributed by atoms with van der Waals surface area (Å²) in [7, 11) is 0. The lowest BCUT2D eigenvalue weighted by molar-refractivity contribution is 0.0885. The summed E-state index contributed by atoms with van der Waals surface area (Å²) in [5.74, 6) is 2.28. The molecular weight excluding hydrogens is 508 g/mol. The number of nitrogens with zero attached hydrogens (tertiary/aromatic N) is 5. The van der Waals surface area contributed by atoms with Crippen molar-refractivity contribution < 1.29 is 14.2 Å². The number of ether oxygens (including phenoxy) is 3. The van der Waals surface area contributed by atoms with E-state index in [-0.39, 0.29) is 24.5 Å². The summed E-state index contributed by atoms with van der Waals surface area (Å²) in [5.41, 5.74) is 4.80. The van der Waals surface area contributed by atoms with Crippen molar-refractivity contribution in [2.24, 2.45) is 0 Å². The van der Waals surface area contributed by atoms with Crippen LogP contribution in [0, 0.1) is 13.8 Å². The van der Waals surface area contributed by atoms with Crippen LogP contribution in [0.3, 0.4) is 0 Å². The minimum absolute atomic E-state index is 0.0793. The first-order valence-electron chi connectivity index (χ1n) is 14.1. The number of nitrogens with one attached hydrogen (secondary N) is 1. The van der Waals surface area contributed by atoms with Crippen molar-refractivity contribution in [2.75, 3.05) is 13.4 Å². The third-order valence-electron chi connectivity index (χ3n) is 7.83. The largest absolute Gasteiger partial charge is 0.454 e. The molecule has 2 aromatic heterocycles. The molecule has 4 aromatic rings. The number of hydrogen-bond donors (Lipinski definition) is 1. The molecular formula is C30H36N6O4. The van der Waals surface area contributed by atoms with Gasteiger partial charge in [0.05, 0.1) is 24.2 Å². The standard InChI is InChI=1S/C30H36N6O4/c1-4-6-25(29-32-33-34-36(29)17-24-7-5-10-38-24)35(15-21-8-9-26-27(13-21)40-18-39-26)16-23-14-22-12-19(2)11-20(3)28(22)31-30(23)37/h8-9,11-14,24-25H,4-7,10,15-18H2,1-3H3,(H,31,37)/t24-,25+/m1/s1.